The van der Waals surface area contributed by atoms with Crippen molar-refractivity contribution in [3.8, 4) is 0 Å². The summed E-state index contributed by atoms with van der Waals surface area (Å²) in [5.41, 5.74) is 1.00. The van der Waals surface area contributed by atoms with Gasteiger partial charge in [-0.3, -0.25) is 4.99 Å². The molecular formula is C10H9BrFNS. The molecule has 0 radical (unpaired) electrons. The molecular weight excluding hydrogens is 265 g/mol. The van der Waals surface area contributed by atoms with Crippen molar-refractivity contribution in [1.29, 1.82) is 0 Å². The van der Waals surface area contributed by atoms with Crippen LogP contribution in [0.25, 0.3) is 0 Å². The Kier molecular flexibility index (Phi) is 2.93. The van der Waals surface area contributed by atoms with Crippen LogP contribution in [-0.4, -0.2) is 9.99 Å². The van der Waals surface area contributed by atoms with Crippen LogP contribution in [0.4, 0.5) is 4.39 Å². The molecule has 1 aliphatic heterocycles. The molecule has 74 valence electrons. The van der Waals surface area contributed by atoms with Gasteiger partial charge < -0.3 is 0 Å². The molecule has 2 rings (SSSR count). The fourth-order valence-electron chi connectivity index (χ4n) is 1.49. The number of aliphatic imine (C=N–C) groups is 1. The lowest BCUT2D eigenvalue weighted by Crippen LogP contribution is -2.04. The third kappa shape index (κ3) is 2.01. The van der Waals surface area contributed by atoms with Crippen molar-refractivity contribution in [1.82, 2.24) is 0 Å². The number of nitrogens with zero attached hydrogens (tertiary/aromatic N) is 1. The smallest absolute Gasteiger partial charge is 0.135 e. The highest BCUT2D eigenvalue weighted by molar-refractivity contribution is 9.22. The predicted octanol–water partition coefficient (Wildman–Crippen LogP) is 3.75. The largest absolute Gasteiger partial charge is 0.267 e. The summed E-state index contributed by atoms with van der Waals surface area (Å²) >= 11 is 4.99. The highest BCUT2D eigenvalue weighted by Gasteiger charge is 2.27. The molecule has 0 saturated heterocycles. The monoisotopic (exact) mass is 273 g/mol. The van der Waals surface area contributed by atoms with Crippen LogP contribution in [0.15, 0.2) is 29.3 Å². The van der Waals surface area contributed by atoms with Gasteiger partial charge in [-0.1, -0.05) is 23.9 Å². The van der Waals surface area contributed by atoms with E-state index >= 15 is 0 Å². The van der Waals surface area contributed by atoms with Crippen molar-refractivity contribution in [3.63, 3.8) is 0 Å². The number of hydrogen-bond acceptors (Lipinski definition) is 2. The molecule has 1 unspecified atom stereocenters. The molecule has 0 aliphatic carbocycles. The van der Waals surface area contributed by atoms with Crippen molar-refractivity contribution in [2.45, 2.75) is 18.2 Å². The van der Waals surface area contributed by atoms with Gasteiger partial charge in [0, 0.05) is 0 Å². The Labute approximate surface area is 94.9 Å². The first-order chi connectivity index (χ1) is 6.66. The SMILES string of the molecule is C[C@H]1N=C(Br)SC1c1cccc(F)c1. The number of benzene rings is 1. The highest BCUT2D eigenvalue weighted by atomic mass is 79.9. The molecule has 0 fully saturated rings. The molecule has 1 nitrogen and oxygen atoms in total. The Morgan fingerprint density at radius 2 is 2.29 bits per heavy atom. The molecule has 1 aromatic rings. The predicted molar refractivity (Wildman–Crippen MR) is 62.6 cm³/mol. The van der Waals surface area contributed by atoms with Gasteiger partial charge >= 0.3 is 0 Å². The Balaban J connectivity index is 2.25. The summed E-state index contributed by atoms with van der Waals surface area (Å²) in [6, 6.07) is 6.93. The van der Waals surface area contributed by atoms with Crippen molar-refractivity contribution >= 4 is 31.6 Å². The van der Waals surface area contributed by atoms with E-state index in [-0.39, 0.29) is 17.1 Å². The van der Waals surface area contributed by atoms with Crippen LogP contribution in [0.2, 0.25) is 0 Å². The molecule has 0 N–H and O–H groups in total. The van der Waals surface area contributed by atoms with Gasteiger partial charge in [-0.15, -0.1) is 0 Å². The topological polar surface area (TPSA) is 12.4 Å². The van der Waals surface area contributed by atoms with Gasteiger partial charge in [-0.05, 0) is 40.5 Å². The van der Waals surface area contributed by atoms with E-state index in [0.717, 1.165) is 9.52 Å². The second-order valence-electron chi connectivity index (χ2n) is 3.22. The maximum absolute atomic E-state index is 13.0. The minimum Gasteiger partial charge on any atom is -0.267 e. The van der Waals surface area contributed by atoms with Crippen LogP contribution in [0, 0.1) is 5.82 Å². The van der Waals surface area contributed by atoms with E-state index in [1.807, 2.05) is 13.0 Å². The van der Waals surface area contributed by atoms with E-state index in [4.69, 9.17) is 0 Å². The standard InChI is InChI=1S/C10H9BrFNS/c1-6-9(14-10(11)13-6)7-3-2-4-8(12)5-7/h2-6,9H,1H3/t6-,9?/m1/s1. The van der Waals surface area contributed by atoms with Crippen LogP contribution in [0.5, 0.6) is 0 Å². The lowest BCUT2D eigenvalue weighted by atomic mass is 10.1. The van der Waals surface area contributed by atoms with Crippen molar-refractivity contribution < 1.29 is 4.39 Å². The van der Waals surface area contributed by atoms with E-state index in [1.54, 1.807) is 23.9 Å². The van der Waals surface area contributed by atoms with Gasteiger partial charge in [-0.25, -0.2) is 4.39 Å². The Morgan fingerprint density at radius 1 is 1.50 bits per heavy atom. The maximum Gasteiger partial charge on any atom is 0.135 e. The van der Waals surface area contributed by atoms with Gasteiger partial charge in [0.2, 0.25) is 0 Å². The van der Waals surface area contributed by atoms with Gasteiger partial charge in [0.05, 0.1) is 11.3 Å². The summed E-state index contributed by atoms with van der Waals surface area (Å²) in [6.45, 7) is 2.04. The fraction of sp³-hybridized carbons (Fsp3) is 0.300. The second-order valence-corrected chi connectivity index (χ2v) is 5.62. The van der Waals surface area contributed by atoms with Crippen LogP contribution in [-0.2, 0) is 0 Å². The Bertz CT molecular complexity index is 380. The van der Waals surface area contributed by atoms with Crippen LogP contribution >= 0.6 is 27.7 Å². The van der Waals surface area contributed by atoms with Gasteiger partial charge in [0.25, 0.3) is 0 Å². The fourth-order valence-corrected chi connectivity index (χ4v) is 3.40. The minimum absolute atomic E-state index is 0.182. The summed E-state index contributed by atoms with van der Waals surface area (Å²) in [6.07, 6.45) is 0. The zero-order valence-corrected chi connectivity index (χ0v) is 9.98. The number of thioether (sulfide) groups is 1. The van der Waals surface area contributed by atoms with Crippen molar-refractivity contribution in [3.05, 3.63) is 35.6 Å². The quantitative estimate of drug-likeness (QED) is 0.759. The number of hydrogen-bond donors (Lipinski definition) is 0. The summed E-state index contributed by atoms with van der Waals surface area (Å²) in [5, 5.41) is 0.236. The first-order valence-corrected chi connectivity index (χ1v) is 5.99. The average molecular weight is 274 g/mol. The zero-order chi connectivity index (χ0) is 10.1. The molecule has 1 aromatic carbocycles. The van der Waals surface area contributed by atoms with E-state index in [9.17, 15) is 4.39 Å². The molecule has 4 heteroatoms. The van der Waals surface area contributed by atoms with E-state index < -0.39 is 0 Å². The second kappa shape index (κ2) is 4.03. The molecule has 2 atom stereocenters. The van der Waals surface area contributed by atoms with Gasteiger partial charge in [0.15, 0.2) is 0 Å². The molecule has 0 spiro atoms. The molecule has 0 aromatic heterocycles. The first-order valence-electron chi connectivity index (χ1n) is 4.32. The van der Waals surface area contributed by atoms with E-state index in [2.05, 4.69) is 20.9 Å². The first kappa shape index (κ1) is 10.2. The van der Waals surface area contributed by atoms with Gasteiger partial charge in [-0.2, -0.15) is 0 Å². The zero-order valence-electron chi connectivity index (χ0n) is 7.58. The third-order valence-electron chi connectivity index (χ3n) is 2.14. The van der Waals surface area contributed by atoms with Crippen LogP contribution < -0.4 is 0 Å². The van der Waals surface area contributed by atoms with E-state index in [0.29, 0.717) is 0 Å². The molecule has 0 saturated carbocycles. The minimum atomic E-state index is -0.182. The molecule has 14 heavy (non-hydrogen) atoms. The molecule has 0 bridgehead atoms. The number of rotatable bonds is 1. The molecule has 1 heterocycles. The third-order valence-corrected chi connectivity index (χ3v) is 4.13. The molecule has 1 aliphatic rings. The van der Waals surface area contributed by atoms with Crippen LogP contribution in [0.3, 0.4) is 0 Å². The summed E-state index contributed by atoms with van der Waals surface area (Å²) < 4.78 is 13.9. The lowest BCUT2D eigenvalue weighted by Gasteiger charge is -2.12. The highest BCUT2D eigenvalue weighted by Crippen LogP contribution is 2.41. The Morgan fingerprint density at radius 3 is 2.86 bits per heavy atom. The lowest BCUT2D eigenvalue weighted by molar-refractivity contribution is 0.622. The Hall–Kier alpha value is -0.350. The van der Waals surface area contributed by atoms with Crippen molar-refractivity contribution in [2.75, 3.05) is 0 Å². The summed E-state index contributed by atoms with van der Waals surface area (Å²) in [5.74, 6) is -0.182. The van der Waals surface area contributed by atoms with Crippen LogP contribution in [0.1, 0.15) is 17.7 Å². The van der Waals surface area contributed by atoms with E-state index in [1.165, 1.54) is 6.07 Å². The average Bonchev–Trinajstić information content (AvgIpc) is 2.45. The maximum atomic E-state index is 13.0. The van der Waals surface area contributed by atoms with Gasteiger partial charge in [0.1, 0.15) is 9.77 Å². The number of halogens is 2. The van der Waals surface area contributed by atoms with Crippen molar-refractivity contribution in [2.24, 2.45) is 4.99 Å². The summed E-state index contributed by atoms with van der Waals surface area (Å²) in [7, 11) is 0. The normalized spacial score (nSPS) is 26.4. The molecule has 0 amide bonds. The summed E-state index contributed by atoms with van der Waals surface area (Å²) in [4.78, 5) is 4.35.